The van der Waals surface area contributed by atoms with Gasteiger partial charge in [0, 0.05) is 5.57 Å². The molecule has 0 rings (SSSR count). The van der Waals surface area contributed by atoms with Crippen molar-refractivity contribution in [3.05, 3.63) is 12.2 Å². The van der Waals surface area contributed by atoms with Gasteiger partial charge < -0.3 is 9.47 Å². The molecule has 0 aliphatic heterocycles. The van der Waals surface area contributed by atoms with E-state index in [4.69, 9.17) is 0 Å². The molecule has 0 aliphatic rings. The van der Waals surface area contributed by atoms with Crippen LogP contribution in [0.5, 0.6) is 0 Å². The molecular formula is C11H18O5. The molecule has 0 unspecified atom stereocenters. The summed E-state index contributed by atoms with van der Waals surface area (Å²) in [5.41, 5.74) is 0.433. The van der Waals surface area contributed by atoms with E-state index < -0.39 is 5.97 Å². The smallest absolute Gasteiger partial charge is 0.332 e. The Bertz CT molecular complexity index is 268. The minimum Gasteiger partial charge on any atom is -0.466 e. The zero-order valence-electron chi connectivity index (χ0n) is 10.2. The third-order valence-corrected chi connectivity index (χ3v) is 1.23. The first-order chi connectivity index (χ1) is 7.34. The number of rotatable bonds is 4. The lowest BCUT2D eigenvalue weighted by atomic mass is 10.3. The third kappa shape index (κ3) is 12.3. The number of Topliss-reactive ketones (excluding diaryl/α,β-unsaturated/α-hetero) is 1. The summed E-state index contributed by atoms with van der Waals surface area (Å²) in [6.07, 6.45) is -0.103. The molecule has 5 heteroatoms. The van der Waals surface area contributed by atoms with Gasteiger partial charge in [-0.25, -0.2) is 4.79 Å². The molecule has 0 aromatic heterocycles. The van der Waals surface area contributed by atoms with Crippen LogP contribution >= 0.6 is 0 Å². The first kappa shape index (κ1) is 16.8. The van der Waals surface area contributed by atoms with Gasteiger partial charge in [0.05, 0.1) is 13.7 Å². The van der Waals surface area contributed by atoms with Crippen LogP contribution in [0.1, 0.15) is 27.2 Å². The Kier molecular flexibility index (Phi) is 10.4. The summed E-state index contributed by atoms with van der Waals surface area (Å²) in [7, 11) is 1.33. The topological polar surface area (TPSA) is 69.7 Å². The second kappa shape index (κ2) is 9.89. The van der Waals surface area contributed by atoms with Gasteiger partial charge in [0.2, 0.25) is 0 Å². The second-order valence-electron chi connectivity index (χ2n) is 2.96. The Morgan fingerprint density at radius 1 is 1.19 bits per heavy atom. The van der Waals surface area contributed by atoms with Crippen LogP contribution in [-0.4, -0.2) is 31.4 Å². The van der Waals surface area contributed by atoms with Crippen molar-refractivity contribution in [2.45, 2.75) is 27.2 Å². The van der Waals surface area contributed by atoms with Gasteiger partial charge in [-0.15, -0.1) is 0 Å². The highest BCUT2D eigenvalue weighted by atomic mass is 16.5. The summed E-state index contributed by atoms with van der Waals surface area (Å²) in [6, 6.07) is 0. The minimum absolute atomic E-state index is 0.103. The lowest BCUT2D eigenvalue weighted by Gasteiger charge is -1.96. The van der Waals surface area contributed by atoms with Crippen LogP contribution in [0.15, 0.2) is 12.2 Å². The van der Waals surface area contributed by atoms with Crippen molar-refractivity contribution < 1.29 is 23.9 Å². The van der Waals surface area contributed by atoms with Crippen molar-refractivity contribution in [3.63, 3.8) is 0 Å². The maximum absolute atomic E-state index is 10.4. The Hall–Kier alpha value is -1.65. The number of carbonyl (C=O) groups excluding carboxylic acids is 3. The van der Waals surface area contributed by atoms with Gasteiger partial charge in [0.25, 0.3) is 0 Å². The fraction of sp³-hybridized carbons (Fsp3) is 0.545. The monoisotopic (exact) mass is 230 g/mol. The molecule has 16 heavy (non-hydrogen) atoms. The number of ether oxygens (including phenoxy) is 2. The van der Waals surface area contributed by atoms with Gasteiger partial charge in [-0.1, -0.05) is 6.58 Å². The molecule has 0 aromatic rings. The van der Waals surface area contributed by atoms with Gasteiger partial charge in [0.15, 0.2) is 0 Å². The van der Waals surface area contributed by atoms with E-state index in [1.165, 1.54) is 14.0 Å². The molecule has 0 atom stereocenters. The standard InChI is InChI=1S/C6H10O3.C5H8O2/c1-3-9-6(8)4-5(2)7;1-4(2)5(6)7-3/h3-4H2,1-2H3;1H2,2-3H3. The van der Waals surface area contributed by atoms with Gasteiger partial charge in [-0.3, -0.25) is 9.59 Å². The summed E-state index contributed by atoms with van der Waals surface area (Å²) >= 11 is 0. The third-order valence-electron chi connectivity index (χ3n) is 1.23. The molecule has 0 saturated heterocycles. The SMILES string of the molecule is C=C(C)C(=O)OC.CCOC(=O)CC(C)=O. The van der Waals surface area contributed by atoms with Gasteiger partial charge in [-0.2, -0.15) is 0 Å². The largest absolute Gasteiger partial charge is 0.466 e. The average molecular weight is 230 g/mol. The van der Waals surface area contributed by atoms with Crippen LogP contribution in [0, 0.1) is 0 Å². The highest BCUT2D eigenvalue weighted by molar-refractivity contribution is 5.94. The fourth-order valence-electron chi connectivity index (χ4n) is 0.590. The zero-order chi connectivity index (χ0) is 13.1. The minimum atomic E-state index is -0.440. The number of carbonyl (C=O) groups is 3. The van der Waals surface area contributed by atoms with Gasteiger partial charge >= 0.3 is 11.9 Å². The van der Waals surface area contributed by atoms with Gasteiger partial charge in [-0.05, 0) is 20.8 Å². The lowest BCUT2D eigenvalue weighted by molar-refractivity contribution is -0.145. The Balaban J connectivity index is 0. The summed E-state index contributed by atoms with van der Waals surface area (Å²) in [4.78, 5) is 30.8. The van der Waals surface area contributed by atoms with Crippen LogP contribution < -0.4 is 0 Å². The zero-order valence-corrected chi connectivity index (χ0v) is 10.2. The van der Waals surface area contributed by atoms with Crippen LogP contribution in [-0.2, 0) is 23.9 Å². The molecule has 0 bridgehead atoms. The van der Waals surface area contributed by atoms with Crippen LogP contribution in [0.25, 0.3) is 0 Å². The van der Waals surface area contributed by atoms with Crippen molar-refractivity contribution >= 4 is 17.7 Å². The van der Waals surface area contributed by atoms with Crippen molar-refractivity contribution in [1.29, 1.82) is 0 Å². The molecule has 5 nitrogen and oxygen atoms in total. The van der Waals surface area contributed by atoms with E-state index in [-0.39, 0.29) is 18.2 Å². The predicted molar refractivity (Wildman–Crippen MR) is 58.8 cm³/mol. The number of methoxy groups -OCH3 is 1. The Labute approximate surface area is 95.4 Å². The van der Waals surface area contributed by atoms with E-state index in [1.807, 2.05) is 0 Å². The predicted octanol–water partition coefficient (Wildman–Crippen LogP) is 1.26. The summed E-state index contributed by atoms with van der Waals surface area (Å²) in [5, 5.41) is 0. The van der Waals surface area contributed by atoms with E-state index in [1.54, 1.807) is 13.8 Å². The van der Waals surface area contributed by atoms with Crippen LogP contribution in [0.4, 0.5) is 0 Å². The molecule has 0 radical (unpaired) electrons. The number of hydrogen-bond acceptors (Lipinski definition) is 5. The van der Waals surface area contributed by atoms with Crippen molar-refractivity contribution in [1.82, 2.24) is 0 Å². The molecule has 92 valence electrons. The molecule has 0 fully saturated rings. The average Bonchev–Trinajstić information content (AvgIpc) is 2.16. The van der Waals surface area contributed by atoms with E-state index in [2.05, 4.69) is 16.1 Å². The highest BCUT2D eigenvalue weighted by Crippen LogP contribution is 1.87. The number of esters is 2. The molecule has 0 heterocycles. The lowest BCUT2D eigenvalue weighted by Crippen LogP contribution is -2.07. The molecule has 0 spiro atoms. The molecule has 0 saturated carbocycles. The highest BCUT2D eigenvalue weighted by Gasteiger charge is 2.03. The maximum Gasteiger partial charge on any atom is 0.332 e. The van der Waals surface area contributed by atoms with E-state index >= 15 is 0 Å². The number of ketones is 1. The molecule has 0 N–H and O–H groups in total. The first-order valence-corrected chi connectivity index (χ1v) is 4.74. The van der Waals surface area contributed by atoms with Crippen molar-refractivity contribution in [2.24, 2.45) is 0 Å². The van der Waals surface area contributed by atoms with Gasteiger partial charge in [0.1, 0.15) is 12.2 Å². The van der Waals surface area contributed by atoms with E-state index in [9.17, 15) is 14.4 Å². The summed E-state index contributed by atoms with van der Waals surface area (Å²) in [6.45, 7) is 8.36. The molecule has 0 aliphatic carbocycles. The van der Waals surface area contributed by atoms with Crippen molar-refractivity contribution in [2.75, 3.05) is 13.7 Å². The van der Waals surface area contributed by atoms with Crippen LogP contribution in [0.3, 0.4) is 0 Å². The fourth-order valence-corrected chi connectivity index (χ4v) is 0.590. The number of hydrogen-bond donors (Lipinski definition) is 0. The van der Waals surface area contributed by atoms with Crippen LogP contribution in [0.2, 0.25) is 0 Å². The Morgan fingerprint density at radius 3 is 1.88 bits per heavy atom. The second-order valence-corrected chi connectivity index (χ2v) is 2.96. The Morgan fingerprint density at radius 2 is 1.69 bits per heavy atom. The summed E-state index contributed by atoms with van der Waals surface area (Å²) in [5.74, 6) is -0.946. The quantitative estimate of drug-likeness (QED) is 0.413. The van der Waals surface area contributed by atoms with Crippen molar-refractivity contribution in [3.8, 4) is 0 Å². The van der Waals surface area contributed by atoms with E-state index in [0.717, 1.165) is 0 Å². The molecular weight excluding hydrogens is 212 g/mol. The molecule has 0 amide bonds. The molecule has 0 aromatic carbocycles. The normalized spacial score (nSPS) is 8.25. The maximum atomic E-state index is 10.4. The summed E-state index contributed by atoms with van der Waals surface area (Å²) < 4.78 is 8.77. The first-order valence-electron chi connectivity index (χ1n) is 4.74. The van der Waals surface area contributed by atoms with E-state index in [0.29, 0.717) is 12.2 Å².